The first-order valence-corrected chi connectivity index (χ1v) is 11.9. The molecule has 0 aliphatic heterocycles. The van der Waals surface area contributed by atoms with E-state index in [1.165, 1.54) is 26.1 Å². The lowest BCUT2D eigenvalue weighted by Gasteiger charge is -2.21. The zero-order valence-electron chi connectivity index (χ0n) is 18.1. The van der Waals surface area contributed by atoms with Gasteiger partial charge in [-0.15, -0.1) is 0 Å². The number of nitrogens with zero attached hydrogens (tertiary/aromatic N) is 2. The highest BCUT2D eigenvalue weighted by Crippen LogP contribution is 2.33. The van der Waals surface area contributed by atoms with E-state index in [-0.39, 0.29) is 10.9 Å². The van der Waals surface area contributed by atoms with Gasteiger partial charge in [-0.2, -0.15) is 0 Å². The highest BCUT2D eigenvalue weighted by atomic mass is 32.2. The number of anilines is 2. The van der Waals surface area contributed by atoms with Gasteiger partial charge in [0.1, 0.15) is 0 Å². The Labute approximate surface area is 179 Å². The van der Waals surface area contributed by atoms with Crippen molar-refractivity contribution in [3.05, 3.63) is 78.9 Å². The molecule has 0 heterocycles. The third-order valence-corrected chi connectivity index (χ3v) is 7.61. The molecule has 0 unspecified atom stereocenters. The van der Waals surface area contributed by atoms with E-state index in [9.17, 15) is 0 Å². The minimum absolute atomic E-state index is 0.102. The Bertz CT molecular complexity index is 796. The molecule has 0 spiro atoms. The Morgan fingerprint density at radius 1 is 0.483 bits per heavy atom. The Hall–Kier alpha value is -2.39. The lowest BCUT2D eigenvalue weighted by atomic mass is 10.3. The van der Waals surface area contributed by atoms with Crippen LogP contribution in [0.1, 0.15) is 27.7 Å². The number of rotatable bonds is 9. The van der Waals surface area contributed by atoms with E-state index < -0.39 is 0 Å². The summed E-state index contributed by atoms with van der Waals surface area (Å²) in [5.41, 5.74) is 2.60. The summed E-state index contributed by atoms with van der Waals surface area (Å²) in [4.78, 5) is 8.87. The molecular weight excluding hydrogens is 372 g/mol. The fourth-order valence-corrected chi connectivity index (χ4v) is 5.79. The highest BCUT2D eigenvalue weighted by Gasteiger charge is 2.28. The van der Waals surface area contributed by atoms with Crippen LogP contribution in [0.15, 0.2) is 93.5 Å². The zero-order chi connectivity index (χ0) is 20.6. The average molecular weight is 406 g/mol. The summed E-state index contributed by atoms with van der Waals surface area (Å²) in [6, 6.07) is 29.2. The molecule has 0 fully saturated rings. The van der Waals surface area contributed by atoms with Gasteiger partial charge in [0.25, 0.3) is 0 Å². The second kappa shape index (κ2) is 10.4. The first-order valence-electron chi connectivity index (χ1n) is 10.7. The normalized spacial score (nSPS) is 10.9. The minimum Gasteiger partial charge on any atom is -0.372 e. The molecule has 0 bridgehead atoms. The fraction of sp³-hybridized carbons (Fsp3) is 0.308. The van der Waals surface area contributed by atoms with Gasteiger partial charge >= 0.3 is 0 Å². The smallest absolute Gasteiger partial charge is 0.166 e. The van der Waals surface area contributed by atoms with E-state index in [2.05, 4.69) is 116 Å². The van der Waals surface area contributed by atoms with Crippen LogP contribution in [0.3, 0.4) is 0 Å². The molecule has 0 aliphatic carbocycles. The van der Waals surface area contributed by atoms with Gasteiger partial charge in [-0.05, 0) is 88.4 Å². The predicted octanol–water partition coefficient (Wildman–Crippen LogP) is 6.47. The summed E-state index contributed by atoms with van der Waals surface area (Å²) in [6.07, 6.45) is 0. The van der Waals surface area contributed by atoms with Gasteiger partial charge in [0.15, 0.2) is 14.7 Å². The maximum Gasteiger partial charge on any atom is 0.166 e. The van der Waals surface area contributed by atoms with Gasteiger partial charge in [0.2, 0.25) is 0 Å². The van der Waals surface area contributed by atoms with Crippen molar-refractivity contribution >= 4 is 22.3 Å². The molecule has 2 nitrogen and oxygen atoms in total. The van der Waals surface area contributed by atoms with Crippen LogP contribution in [0.4, 0.5) is 11.4 Å². The molecule has 3 aromatic carbocycles. The van der Waals surface area contributed by atoms with Crippen LogP contribution in [0.5, 0.6) is 0 Å². The molecule has 0 saturated carbocycles. The molecule has 0 amide bonds. The molecule has 3 rings (SSSR count). The van der Waals surface area contributed by atoms with Crippen LogP contribution in [-0.4, -0.2) is 26.2 Å². The molecule has 0 saturated heterocycles. The Balaban J connectivity index is 1.98. The van der Waals surface area contributed by atoms with Crippen LogP contribution in [0.25, 0.3) is 0 Å². The molecule has 29 heavy (non-hydrogen) atoms. The van der Waals surface area contributed by atoms with E-state index in [1.54, 1.807) is 0 Å². The Morgan fingerprint density at radius 2 is 0.828 bits per heavy atom. The van der Waals surface area contributed by atoms with Crippen molar-refractivity contribution in [1.29, 1.82) is 0 Å². The van der Waals surface area contributed by atoms with Gasteiger partial charge < -0.3 is 9.80 Å². The summed E-state index contributed by atoms with van der Waals surface area (Å²) in [6.45, 7) is 13.0. The van der Waals surface area contributed by atoms with E-state index in [4.69, 9.17) is 0 Å². The number of hydrogen-bond acceptors (Lipinski definition) is 2. The third kappa shape index (κ3) is 4.97. The molecule has 0 N–H and O–H groups in total. The molecule has 0 aliphatic rings. The van der Waals surface area contributed by atoms with Crippen LogP contribution < -0.4 is 9.80 Å². The van der Waals surface area contributed by atoms with E-state index in [0.717, 1.165) is 26.2 Å². The average Bonchev–Trinajstić information content (AvgIpc) is 2.78. The zero-order valence-corrected chi connectivity index (χ0v) is 19.0. The quantitative estimate of drug-likeness (QED) is 0.376. The largest absolute Gasteiger partial charge is 0.372 e. The second-order valence-corrected chi connectivity index (χ2v) is 8.98. The van der Waals surface area contributed by atoms with E-state index in [0.29, 0.717) is 0 Å². The maximum atomic E-state index is 2.39. The standard InChI is InChI=1S/C26H33N2S/c1-5-27(6-2)22-14-18-25(19-15-22)29(24-12-10-9-11-13-24)26-20-16-23(17-21-26)28(7-3)8-4/h9-21H,5-8H2,1-4H3/q+1. The van der Waals surface area contributed by atoms with Crippen molar-refractivity contribution in [1.82, 2.24) is 0 Å². The number of benzene rings is 3. The van der Waals surface area contributed by atoms with Crippen molar-refractivity contribution in [2.75, 3.05) is 36.0 Å². The summed E-state index contributed by atoms with van der Waals surface area (Å²) >= 11 is 0. The first kappa shape index (κ1) is 21.3. The van der Waals surface area contributed by atoms with Gasteiger partial charge in [-0.1, -0.05) is 18.2 Å². The first-order chi connectivity index (χ1) is 14.2. The third-order valence-electron chi connectivity index (χ3n) is 5.38. The van der Waals surface area contributed by atoms with Crippen LogP contribution in [0.2, 0.25) is 0 Å². The lowest BCUT2D eigenvalue weighted by Crippen LogP contribution is -2.22. The van der Waals surface area contributed by atoms with E-state index in [1.807, 2.05) is 0 Å². The Morgan fingerprint density at radius 3 is 1.17 bits per heavy atom. The van der Waals surface area contributed by atoms with Crippen LogP contribution >= 0.6 is 0 Å². The van der Waals surface area contributed by atoms with Gasteiger partial charge in [-0.25, -0.2) is 0 Å². The summed E-state index contributed by atoms with van der Waals surface area (Å²) in [5, 5.41) is 0. The van der Waals surface area contributed by atoms with Crippen LogP contribution in [0, 0.1) is 0 Å². The van der Waals surface area contributed by atoms with Crippen molar-refractivity contribution < 1.29 is 0 Å². The highest BCUT2D eigenvalue weighted by molar-refractivity contribution is 7.97. The fourth-order valence-electron chi connectivity index (χ4n) is 3.73. The topological polar surface area (TPSA) is 6.48 Å². The molecular formula is C26H33N2S+. The molecule has 0 atom stereocenters. The van der Waals surface area contributed by atoms with Crippen LogP contribution in [-0.2, 0) is 10.9 Å². The lowest BCUT2D eigenvalue weighted by molar-refractivity contribution is 0.865. The molecule has 3 heteroatoms. The van der Waals surface area contributed by atoms with E-state index >= 15 is 0 Å². The minimum atomic E-state index is -0.102. The predicted molar refractivity (Wildman–Crippen MR) is 129 cm³/mol. The van der Waals surface area contributed by atoms with Gasteiger partial charge in [0.05, 0.1) is 10.9 Å². The second-order valence-electron chi connectivity index (χ2n) is 6.95. The van der Waals surface area contributed by atoms with Crippen molar-refractivity contribution in [2.45, 2.75) is 42.4 Å². The molecule has 0 radical (unpaired) electrons. The molecule has 0 aromatic heterocycles. The molecule has 152 valence electrons. The summed E-state index contributed by atoms with van der Waals surface area (Å²) < 4.78 is 0. The summed E-state index contributed by atoms with van der Waals surface area (Å²) in [5.74, 6) is 0. The van der Waals surface area contributed by atoms with Gasteiger partial charge in [0, 0.05) is 37.6 Å². The molecule has 3 aromatic rings. The summed E-state index contributed by atoms with van der Waals surface area (Å²) in [7, 11) is -0.102. The number of hydrogen-bond donors (Lipinski definition) is 0. The Kier molecular flexibility index (Phi) is 7.65. The van der Waals surface area contributed by atoms with Gasteiger partial charge in [-0.3, -0.25) is 0 Å². The van der Waals surface area contributed by atoms with Crippen molar-refractivity contribution in [3.63, 3.8) is 0 Å². The van der Waals surface area contributed by atoms with Crippen molar-refractivity contribution in [2.24, 2.45) is 0 Å². The monoisotopic (exact) mass is 405 g/mol. The van der Waals surface area contributed by atoms with Crippen molar-refractivity contribution in [3.8, 4) is 0 Å². The maximum absolute atomic E-state index is 2.39. The SMILES string of the molecule is CCN(CC)c1ccc([S+](c2ccccc2)c2ccc(N(CC)CC)cc2)cc1.